The van der Waals surface area contributed by atoms with Crippen LogP contribution in [0.4, 0.5) is 10.5 Å². The van der Waals surface area contributed by atoms with Crippen LogP contribution < -0.4 is 23.8 Å². The third-order valence-corrected chi connectivity index (χ3v) is 12.4. The Morgan fingerprint density at radius 2 is 1.69 bits per heavy atom. The summed E-state index contributed by atoms with van der Waals surface area (Å²) in [6.45, 7) is 7.03. The topological polar surface area (TPSA) is 145 Å². The molecule has 7 rings (SSSR count). The third-order valence-electron chi connectivity index (χ3n) is 10.6. The van der Waals surface area contributed by atoms with Gasteiger partial charge in [-0.1, -0.05) is 18.2 Å². The summed E-state index contributed by atoms with van der Waals surface area (Å²) in [6.07, 6.45) is 2.26. The summed E-state index contributed by atoms with van der Waals surface area (Å²) in [5.41, 5.74) is -1.52. The summed E-state index contributed by atoms with van der Waals surface area (Å²) in [7, 11) is 0.247. The normalized spacial score (nSPS) is 21.7. The first-order chi connectivity index (χ1) is 24.5. The second kappa shape index (κ2) is 13.0. The molecule has 3 fully saturated rings. The lowest BCUT2D eigenvalue weighted by Gasteiger charge is -2.62. The maximum atomic E-state index is 15.2. The number of carbonyl (C=O) groups is 2. The first-order valence-corrected chi connectivity index (χ1v) is 18.5. The molecular formula is C37H42N6O7S. The molecule has 1 N–H and O–H groups in total. The van der Waals surface area contributed by atoms with E-state index in [-0.39, 0.29) is 50.8 Å². The van der Waals surface area contributed by atoms with Gasteiger partial charge in [0.15, 0.2) is 5.54 Å². The van der Waals surface area contributed by atoms with Crippen LogP contribution in [0, 0.1) is 16.7 Å². The monoisotopic (exact) mass is 714 g/mol. The van der Waals surface area contributed by atoms with E-state index in [1.165, 1.54) is 50.6 Å². The van der Waals surface area contributed by atoms with Gasteiger partial charge in [-0.05, 0) is 76.3 Å². The van der Waals surface area contributed by atoms with Gasteiger partial charge in [0.2, 0.25) is 0 Å². The predicted octanol–water partition coefficient (Wildman–Crippen LogP) is 3.37. The number of hydrogen-bond donors (Lipinski definition) is 1. The maximum absolute atomic E-state index is 15.2. The first-order valence-electron chi connectivity index (χ1n) is 17.1. The fourth-order valence-electron chi connectivity index (χ4n) is 8.07. The standard InChI is InChI=1S/C37H42N6O7S/c1-5-50-31-9-7-6-8-28(31)37(39-35(45)42-23-36(24-42)21-41(22-36)26-14-16-40(2)17-15-26)29-18-25(20-38)10-12-30(29)43(34(37)44)51(46,47)33-13-11-27(48-3)19-32(33)49-4/h6-13,18-19,26H,5,14-17,21-24H2,1-4H3,(H,39,45)/t37-/m1/s1. The highest BCUT2D eigenvalue weighted by Gasteiger charge is 2.61. The highest BCUT2D eigenvalue weighted by Crippen LogP contribution is 2.51. The number of methoxy groups -OCH3 is 2. The molecule has 13 nitrogen and oxygen atoms in total. The van der Waals surface area contributed by atoms with E-state index in [1.807, 2.05) is 0 Å². The van der Waals surface area contributed by atoms with E-state index < -0.39 is 27.5 Å². The Labute approximate surface area is 298 Å². The molecule has 0 unspecified atom stereocenters. The van der Waals surface area contributed by atoms with Crippen LogP contribution >= 0.6 is 0 Å². The molecular weight excluding hydrogens is 673 g/mol. The summed E-state index contributed by atoms with van der Waals surface area (Å²) in [6, 6.07) is 17.4. The Hall–Kier alpha value is -4.84. The molecule has 4 aliphatic heterocycles. The number of para-hydroxylation sites is 1. The number of nitrogens with zero attached hydrogens (tertiary/aromatic N) is 5. The summed E-state index contributed by atoms with van der Waals surface area (Å²) in [5.74, 6) is -0.332. The minimum Gasteiger partial charge on any atom is -0.497 e. The number of ether oxygens (including phenoxy) is 3. The van der Waals surface area contributed by atoms with E-state index >= 15 is 4.79 Å². The molecule has 3 saturated heterocycles. The first kappa shape index (κ1) is 34.6. The number of benzene rings is 3. The molecule has 0 radical (unpaired) electrons. The van der Waals surface area contributed by atoms with Crippen molar-refractivity contribution in [2.24, 2.45) is 5.41 Å². The number of nitrogens with one attached hydrogen (secondary N) is 1. The number of urea groups is 1. The third kappa shape index (κ3) is 5.64. The number of carbonyl (C=O) groups excluding carboxylic acids is 2. The van der Waals surface area contributed by atoms with Crippen LogP contribution in [0.3, 0.4) is 0 Å². The van der Waals surface area contributed by atoms with E-state index in [9.17, 15) is 18.5 Å². The second-order valence-corrected chi connectivity index (χ2v) is 15.6. The summed E-state index contributed by atoms with van der Waals surface area (Å²) in [5, 5.41) is 13.0. The van der Waals surface area contributed by atoms with Gasteiger partial charge in [-0.3, -0.25) is 9.69 Å². The fourth-order valence-corrected chi connectivity index (χ4v) is 9.68. The van der Waals surface area contributed by atoms with Gasteiger partial charge < -0.3 is 29.3 Å². The highest BCUT2D eigenvalue weighted by atomic mass is 32.2. The zero-order valence-electron chi connectivity index (χ0n) is 29.2. The Morgan fingerprint density at radius 3 is 2.35 bits per heavy atom. The van der Waals surface area contributed by atoms with Crippen LogP contribution in [0.25, 0.3) is 0 Å². The quantitative estimate of drug-likeness (QED) is 0.350. The van der Waals surface area contributed by atoms with Crippen molar-refractivity contribution < 1.29 is 32.2 Å². The molecule has 0 bridgehead atoms. The number of fused-ring (bicyclic) bond motifs is 1. The molecule has 0 saturated carbocycles. The van der Waals surface area contributed by atoms with Gasteiger partial charge in [-0.15, -0.1) is 0 Å². The molecule has 51 heavy (non-hydrogen) atoms. The second-order valence-electron chi connectivity index (χ2n) is 13.8. The molecule has 0 aromatic heterocycles. The van der Waals surface area contributed by atoms with Crippen LogP contribution in [-0.4, -0.2) is 108 Å². The number of piperidine rings is 1. The Bertz CT molecular complexity index is 2010. The van der Waals surface area contributed by atoms with Gasteiger partial charge in [-0.2, -0.15) is 9.57 Å². The fraction of sp³-hybridized carbons (Fsp3) is 0.432. The average molecular weight is 715 g/mol. The number of rotatable bonds is 9. The van der Waals surface area contributed by atoms with E-state index in [0.717, 1.165) is 39.0 Å². The van der Waals surface area contributed by atoms with E-state index in [2.05, 4.69) is 28.2 Å². The van der Waals surface area contributed by atoms with E-state index in [1.54, 1.807) is 36.1 Å². The van der Waals surface area contributed by atoms with Crippen molar-refractivity contribution in [2.45, 2.75) is 36.2 Å². The lowest BCUT2D eigenvalue weighted by molar-refractivity contribution is -0.124. The molecule has 3 aromatic rings. The van der Waals surface area contributed by atoms with Crippen molar-refractivity contribution in [1.29, 1.82) is 5.26 Å². The number of sulfonamides is 1. The van der Waals surface area contributed by atoms with E-state index in [0.29, 0.717) is 29.2 Å². The number of likely N-dealkylation sites (tertiary alicyclic amines) is 3. The summed E-state index contributed by atoms with van der Waals surface area (Å²) < 4.78 is 46.7. The van der Waals surface area contributed by atoms with Crippen molar-refractivity contribution >= 4 is 27.6 Å². The van der Waals surface area contributed by atoms with Crippen LogP contribution in [0.5, 0.6) is 17.2 Å². The van der Waals surface area contributed by atoms with Gasteiger partial charge in [0.05, 0.1) is 38.1 Å². The van der Waals surface area contributed by atoms with Gasteiger partial charge in [0.1, 0.15) is 22.1 Å². The Balaban J connectivity index is 1.28. The molecule has 4 aliphatic rings. The molecule has 4 heterocycles. The van der Waals surface area contributed by atoms with Gasteiger partial charge in [0, 0.05) is 54.8 Å². The lowest BCUT2D eigenvalue weighted by atomic mass is 9.71. The van der Waals surface area contributed by atoms with Gasteiger partial charge in [-0.25, -0.2) is 13.2 Å². The van der Waals surface area contributed by atoms with Crippen LogP contribution in [0.15, 0.2) is 65.6 Å². The summed E-state index contributed by atoms with van der Waals surface area (Å²) in [4.78, 5) is 35.8. The van der Waals surface area contributed by atoms with Gasteiger partial charge >= 0.3 is 6.03 Å². The molecule has 0 aliphatic carbocycles. The SMILES string of the molecule is CCOc1ccccc1[C@]1(NC(=O)N2CC3(C2)CN(C2CCN(C)CC2)C3)C(=O)N(S(=O)(=O)c2ccc(OC)cc2OC)c2ccc(C#N)cc21. The number of hydrogen-bond acceptors (Lipinski definition) is 10. The van der Waals surface area contributed by atoms with E-state index in [4.69, 9.17) is 14.2 Å². The van der Waals surface area contributed by atoms with Crippen molar-refractivity contribution in [3.8, 4) is 23.3 Å². The lowest BCUT2D eigenvalue weighted by Crippen LogP contribution is -2.76. The molecule has 1 atom stereocenters. The number of nitriles is 1. The predicted molar refractivity (Wildman–Crippen MR) is 188 cm³/mol. The highest BCUT2D eigenvalue weighted by molar-refractivity contribution is 7.93. The molecule has 3 amide bonds. The van der Waals surface area contributed by atoms with Gasteiger partial charge in [0.25, 0.3) is 15.9 Å². The zero-order valence-corrected chi connectivity index (χ0v) is 30.0. The minimum absolute atomic E-state index is 0.00341. The molecule has 268 valence electrons. The van der Waals surface area contributed by atoms with Crippen LogP contribution in [0.2, 0.25) is 0 Å². The largest absolute Gasteiger partial charge is 0.497 e. The van der Waals surface area contributed by atoms with Crippen LogP contribution in [-0.2, 0) is 20.4 Å². The minimum atomic E-state index is -4.67. The zero-order chi connectivity index (χ0) is 36.1. The average Bonchev–Trinajstić information content (AvgIpc) is 3.35. The number of anilines is 1. The van der Waals surface area contributed by atoms with Crippen molar-refractivity contribution in [3.63, 3.8) is 0 Å². The van der Waals surface area contributed by atoms with Crippen molar-refractivity contribution in [2.75, 3.05) is 71.4 Å². The van der Waals surface area contributed by atoms with Crippen molar-refractivity contribution in [3.05, 3.63) is 77.4 Å². The number of amides is 3. The molecule has 14 heteroatoms. The molecule has 3 aromatic carbocycles. The Morgan fingerprint density at radius 1 is 0.961 bits per heavy atom. The smallest absolute Gasteiger partial charge is 0.318 e. The maximum Gasteiger partial charge on any atom is 0.318 e. The molecule has 1 spiro atoms. The summed E-state index contributed by atoms with van der Waals surface area (Å²) >= 11 is 0. The van der Waals surface area contributed by atoms with Crippen molar-refractivity contribution in [1.82, 2.24) is 20.0 Å². The Kier molecular flexibility index (Phi) is 8.85. The van der Waals surface area contributed by atoms with Crippen LogP contribution in [0.1, 0.15) is 36.5 Å².